The molecule has 1 rings (SSSR count). The second-order valence-corrected chi connectivity index (χ2v) is 5.37. The van der Waals surface area contributed by atoms with Crippen LogP contribution in [0.2, 0.25) is 0 Å². The Morgan fingerprint density at radius 2 is 2.23 bits per heavy atom. The van der Waals surface area contributed by atoms with Gasteiger partial charge in [-0.2, -0.15) is 12.7 Å². The van der Waals surface area contributed by atoms with Crippen molar-refractivity contribution in [1.29, 1.82) is 0 Å². The molecule has 0 aromatic carbocycles. The minimum absolute atomic E-state index is 0.303. The average molecular weight is 204 g/mol. The van der Waals surface area contributed by atoms with Crippen LogP contribution < -0.4 is 4.72 Å². The summed E-state index contributed by atoms with van der Waals surface area (Å²) in [5.41, 5.74) is 1.11. The lowest BCUT2D eigenvalue weighted by atomic mass is 10.1. The molecule has 0 saturated heterocycles. The van der Waals surface area contributed by atoms with E-state index in [1.54, 1.807) is 0 Å². The molecule has 0 aromatic heterocycles. The lowest BCUT2D eigenvalue weighted by Gasteiger charge is -2.28. The molecule has 0 spiro atoms. The van der Waals surface area contributed by atoms with Crippen molar-refractivity contribution in [2.45, 2.75) is 13.8 Å². The number of hydrogen-bond donors (Lipinski definition) is 1. The van der Waals surface area contributed by atoms with Gasteiger partial charge in [-0.25, -0.2) is 4.72 Å². The fraction of sp³-hybridized carbons (Fsp3) is 0.750. The molecule has 0 aromatic rings. The van der Waals surface area contributed by atoms with Gasteiger partial charge in [-0.3, -0.25) is 0 Å². The van der Waals surface area contributed by atoms with Crippen LogP contribution in [0.5, 0.6) is 0 Å². The van der Waals surface area contributed by atoms with E-state index in [1.807, 2.05) is 13.8 Å². The highest BCUT2D eigenvalue weighted by Crippen LogP contribution is 2.16. The number of hydrogen-bond acceptors (Lipinski definition) is 2. The van der Waals surface area contributed by atoms with E-state index in [0.717, 1.165) is 5.57 Å². The zero-order valence-corrected chi connectivity index (χ0v) is 9.06. The van der Waals surface area contributed by atoms with Crippen molar-refractivity contribution in [3.05, 3.63) is 11.6 Å². The van der Waals surface area contributed by atoms with E-state index < -0.39 is 10.2 Å². The van der Waals surface area contributed by atoms with E-state index in [2.05, 4.69) is 10.8 Å². The van der Waals surface area contributed by atoms with Crippen molar-refractivity contribution >= 4 is 10.2 Å². The van der Waals surface area contributed by atoms with Crippen molar-refractivity contribution in [2.24, 2.45) is 5.92 Å². The van der Waals surface area contributed by atoms with Crippen molar-refractivity contribution < 1.29 is 8.42 Å². The van der Waals surface area contributed by atoms with Gasteiger partial charge in [0, 0.05) is 20.1 Å². The summed E-state index contributed by atoms with van der Waals surface area (Å²) in [6, 6.07) is 0. The Balaban J connectivity index is 2.82. The molecule has 0 amide bonds. The molecule has 1 aliphatic heterocycles. The molecule has 13 heavy (non-hydrogen) atoms. The third-order valence-corrected chi connectivity index (χ3v) is 3.56. The lowest BCUT2D eigenvalue weighted by Crippen LogP contribution is -2.43. The third-order valence-electron chi connectivity index (χ3n) is 2.08. The second-order valence-electron chi connectivity index (χ2n) is 3.49. The number of nitrogens with zero attached hydrogens (tertiary/aromatic N) is 1. The van der Waals surface area contributed by atoms with Crippen molar-refractivity contribution in [2.75, 3.05) is 20.1 Å². The molecule has 0 radical (unpaired) electrons. The van der Waals surface area contributed by atoms with Crippen LogP contribution >= 0.6 is 0 Å². The van der Waals surface area contributed by atoms with E-state index in [9.17, 15) is 8.42 Å². The number of rotatable bonds is 2. The van der Waals surface area contributed by atoms with Gasteiger partial charge >= 0.3 is 0 Å². The van der Waals surface area contributed by atoms with Gasteiger partial charge in [0.2, 0.25) is 0 Å². The molecule has 76 valence electrons. The van der Waals surface area contributed by atoms with Crippen LogP contribution in [0.4, 0.5) is 0 Å². The molecule has 1 heterocycles. The van der Waals surface area contributed by atoms with Gasteiger partial charge in [0.1, 0.15) is 0 Å². The van der Waals surface area contributed by atoms with E-state index in [1.165, 1.54) is 11.4 Å². The zero-order valence-electron chi connectivity index (χ0n) is 8.24. The molecule has 0 aliphatic carbocycles. The molecule has 1 atom stereocenters. The highest BCUT2D eigenvalue weighted by atomic mass is 32.2. The van der Waals surface area contributed by atoms with E-state index in [4.69, 9.17) is 0 Å². The summed E-state index contributed by atoms with van der Waals surface area (Å²) in [5.74, 6) is 0.303. The van der Waals surface area contributed by atoms with Crippen molar-refractivity contribution in [3.63, 3.8) is 0 Å². The highest BCUT2D eigenvalue weighted by Gasteiger charge is 2.24. The molecule has 1 aliphatic rings. The fourth-order valence-corrected chi connectivity index (χ4v) is 2.63. The van der Waals surface area contributed by atoms with E-state index in [0.29, 0.717) is 19.0 Å². The van der Waals surface area contributed by atoms with Crippen LogP contribution in [0.15, 0.2) is 11.6 Å². The van der Waals surface area contributed by atoms with Gasteiger partial charge in [-0.05, 0) is 12.8 Å². The summed E-state index contributed by atoms with van der Waals surface area (Å²) < 4.78 is 26.7. The van der Waals surface area contributed by atoms with Gasteiger partial charge in [0.25, 0.3) is 10.2 Å². The second kappa shape index (κ2) is 3.77. The summed E-state index contributed by atoms with van der Waals surface area (Å²) in [5, 5.41) is 0. The maximum atomic E-state index is 11.4. The minimum atomic E-state index is -3.24. The first-order chi connectivity index (χ1) is 5.95. The number of nitrogens with one attached hydrogen (secondary N) is 1. The highest BCUT2D eigenvalue weighted by molar-refractivity contribution is 7.87. The minimum Gasteiger partial charge on any atom is -0.205 e. The Bertz CT molecular complexity index is 308. The van der Waals surface area contributed by atoms with Gasteiger partial charge in [-0.1, -0.05) is 18.6 Å². The first kappa shape index (κ1) is 10.7. The van der Waals surface area contributed by atoms with Gasteiger partial charge in [-0.15, -0.1) is 0 Å². The summed E-state index contributed by atoms with van der Waals surface area (Å²) in [7, 11) is -1.81. The standard InChI is InChI=1S/C8H16N2O2S/c1-7-4-8(2)6-10(5-7)13(11,12)9-3/h4,7,9H,5-6H2,1-3H3. The van der Waals surface area contributed by atoms with Crippen LogP contribution in [0, 0.1) is 5.92 Å². The molecule has 0 saturated carbocycles. The first-order valence-electron chi connectivity index (χ1n) is 4.31. The van der Waals surface area contributed by atoms with E-state index in [-0.39, 0.29) is 0 Å². The SMILES string of the molecule is CNS(=O)(=O)N1CC(C)=CC(C)C1. The van der Waals surface area contributed by atoms with Gasteiger partial charge < -0.3 is 0 Å². The Kier molecular flexibility index (Phi) is 3.10. The molecular formula is C8H16N2O2S. The molecule has 1 unspecified atom stereocenters. The Hall–Kier alpha value is -0.390. The van der Waals surface area contributed by atoms with Crippen LogP contribution in [0.25, 0.3) is 0 Å². The predicted molar refractivity (Wildman–Crippen MR) is 52.5 cm³/mol. The fourth-order valence-electron chi connectivity index (χ4n) is 1.57. The normalized spacial score (nSPS) is 25.8. The molecule has 1 N–H and O–H groups in total. The van der Waals surface area contributed by atoms with Crippen LogP contribution in [-0.2, 0) is 10.2 Å². The third kappa shape index (κ3) is 2.52. The summed E-state index contributed by atoms with van der Waals surface area (Å²) >= 11 is 0. The summed E-state index contributed by atoms with van der Waals surface area (Å²) in [6.45, 7) is 5.04. The Morgan fingerprint density at radius 1 is 1.62 bits per heavy atom. The van der Waals surface area contributed by atoms with E-state index >= 15 is 0 Å². The predicted octanol–water partition coefficient (Wildman–Crippen LogP) is 0.349. The van der Waals surface area contributed by atoms with Crippen LogP contribution in [-0.4, -0.2) is 32.9 Å². The van der Waals surface area contributed by atoms with Gasteiger partial charge in [0.15, 0.2) is 0 Å². The zero-order chi connectivity index (χ0) is 10.1. The van der Waals surface area contributed by atoms with Crippen molar-refractivity contribution in [3.8, 4) is 0 Å². The maximum absolute atomic E-state index is 11.4. The molecule has 5 heteroatoms. The Morgan fingerprint density at radius 3 is 2.69 bits per heavy atom. The van der Waals surface area contributed by atoms with Gasteiger partial charge in [0.05, 0.1) is 0 Å². The van der Waals surface area contributed by atoms with Crippen LogP contribution in [0.3, 0.4) is 0 Å². The van der Waals surface area contributed by atoms with Crippen LogP contribution in [0.1, 0.15) is 13.8 Å². The topological polar surface area (TPSA) is 49.4 Å². The molecule has 4 nitrogen and oxygen atoms in total. The Labute approximate surface area is 79.8 Å². The van der Waals surface area contributed by atoms with Crippen molar-refractivity contribution in [1.82, 2.24) is 9.03 Å². The maximum Gasteiger partial charge on any atom is 0.279 e. The molecule has 0 fully saturated rings. The average Bonchev–Trinajstić information content (AvgIpc) is 2.02. The smallest absolute Gasteiger partial charge is 0.205 e. The molecular weight excluding hydrogens is 188 g/mol. The first-order valence-corrected chi connectivity index (χ1v) is 5.75. The monoisotopic (exact) mass is 204 g/mol. The molecule has 0 bridgehead atoms. The lowest BCUT2D eigenvalue weighted by molar-refractivity contribution is 0.380. The summed E-state index contributed by atoms with van der Waals surface area (Å²) in [4.78, 5) is 0. The summed E-state index contributed by atoms with van der Waals surface area (Å²) in [6.07, 6.45) is 2.11. The largest absolute Gasteiger partial charge is 0.279 e. The quantitative estimate of drug-likeness (QED) is 0.660.